The zero-order valence-corrected chi connectivity index (χ0v) is 20.3. The highest BCUT2D eigenvalue weighted by molar-refractivity contribution is 6.32. The van der Waals surface area contributed by atoms with E-state index in [-0.39, 0.29) is 41.2 Å². The topological polar surface area (TPSA) is 76.7 Å². The molecule has 0 aromatic heterocycles. The highest BCUT2D eigenvalue weighted by atomic mass is 35.5. The molecule has 9 heteroatoms. The maximum atomic E-state index is 13.5. The molecule has 2 aromatic carbocycles. The van der Waals surface area contributed by atoms with Crippen molar-refractivity contribution in [1.29, 1.82) is 0 Å². The van der Waals surface area contributed by atoms with Gasteiger partial charge in [0, 0.05) is 24.6 Å². The first-order valence-corrected chi connectivity index (χ1v) is 12.1. The molecule has 2 atom stereocenters. The van der Waals surface area contributed by atoms with Gasteiger partial charge in [0.1, 0.15) is 17.3 Å². The number of ether oxygens (including phenoxy) is 2. The molecule has 6 nitrogen and oxygen atoms in total. The van der Waals surface area contributed by atoms with Crippen LogP contribution in [0.2, 0.25) is 10.0 Å². The number of methoxy groups -OCH3 is 1. The molecular weight excluding hydrogens is 482 g/mol. The summed E-state index contributed by atoms with van der Waals surface area (Å²) >= 11 is 11.8. The number of halogens is 3. The van der Waals surface area contributed by atoms with E-state index >= 15 is 0 Å². The molecule has 0 heterocycles. The van der Waals surface area contributed by atoms with Gasteiger partial charge in [0.05, 0.1) is 17.2 Å². The average Bonchev–Trinajstić information content (AvgIpc) is 2.79. The first-order chi connectivity index (χ1) is 16.3. The Bertz CT molecular complexity index is 1060. The minimum atomic E-state index is -0.601. The van der Waals surface area contributed by atoms with Gasteiger partial charge in [0.15, 0.2) is 6.61 Å². The molecule has 5 rings (SSSR count). The Kier molecular flexibility index (Phi) is 7.84. The number of fused-ring (bicyclic) bond motifs is 2. The molecule has 182 valence electrons. The van der Waals surface area contributed by atoms with Crippen molar-refractivity contribution in [3.63, 3.8) is 0 Å². The number of amides is 2. The lowest BCUT2D eigenvalue weighted by Crippen LogP contribution is -2.57. The van der Waals surface area contributed by atoms with E-state index in [0.29, 0.717) is 42.0 Å². The van der Waals surface area contributed by atoms with Crippen LogP contribution >= 0.6 is 23.2 Å². The molecule has 3 aliphatic carbocycles. The summed E-state index contributed by atoms with van der Waals surface area (Å²) in [7, 11) is 1.57. The standard InChI is InChI=1S/C25H27Cl2FN2O4/c1-33-23-5-2-14(8-20(23)27)6-7-29-25(32)18-12-22(16-9-15(18)10-16)30-24(31)13-34-17-3-4-19(26)21(28)11-17/h2-5,8,11,15-16,18,22H,6-7,9-10,12-13H2,1H3,(H,29,32)(H,30,31). The lowest BCUT2D eigenvalue weighted by molar-refractivity contribution is -0.136. The molecule has 2 bridgehead atoms. The van der Waals surface area contributed by atoms with Gasteiger partial charge in [-0.3, -0.25) is 9.59 Å². The van der Waals surface area contributed by atoms with Gasteiger partial charge in [-0.2, -0.15) is 0 Å². The van der Waals surface area contributed by atoms with Gasteiger partial charge in [0.25, 0.3) is 5.91 Å². The van der Waals surface area contributed by atoms with Crippen LogP contribution in [0.1, 0.15) is 24.8 Å². The quantitative estimate of drug-likeness (QED) is 0.525. The highest BCUT2D eigenvalue weighted by Crippen LogP contribution is 2.49. The second-order valence-electron chi connectivity index (χ2n) is 8.88. The van der Waals surface area contributed by atoms with Crippen molar-refractivity contribution in [1.82, 2.24) is 10.6 Å². The summed E-state index contributed by atoms with van der Waals surface area (Å²) in [6.45, 7) is 0.283. The molecule has 3 fully saturated rings. The Morgan fingerprint density at radius 2 is 1.85 bits per heavy atom. The Morgan fingerprint density at radius 3 is 2.56 bits per heavy atom. The predicted octanol–water partition coefficient (Wildman–Crippen LogP) is 4.41. The Balaban J connectivity index is 1.23. The van der Waals surface area contributed by atoms with E-state index in [4.69, 9.17) is 32.7 Å². The van der Waals surface area contributed by atoms with Gasteiger partial charge in [-0.25, -0.2) is 4.39 Å². The summed E-state index contributed by atoms with van der Waals surface area (Å²) in [6, 6.07) is 9.56. The molecule has 0 saturated heterocycles. The number of hydrogen-bond acceptors (Lipinski definition) is 4. The molecule has 0 spiro atoms. The smallest absolute Gasteiger partial charge is 0.258 e. The Morgan fingerprint density at radius 1 is 1.06 bits per heavy atom. The van der Waals surface area contributed by atoms with Gasteiger partial charge in [0.2, 0.25) is 5.91 Å². The molecule has 3 saturated carbocycles. The number of carbonyl (C=O) groups excluding carboxylic acids is 2. The molecule has 2 unspecified atom stereocenters. The Labute approximate surface area is 208 Å². The van der Waals surface area contributed by atoms with Gasteiger partial charge in [-0.1, -0.05) is 29.3 Å². The van der Waals surface area contributed by atoms with Crippen LogP contribution in [0.15, 0.2) is 36.4 Å². The van der Waals surface area contributed by atoms with E-state index in [1.807, 2.05) is 18.2 Å². The van der Waals surface area contributed by atoms with Crippen molar-refractivity contribution in [3.8, 4) is 11.5 Å². The summed E-state index contributed by atoms with van der Waals surface area (Å²) in [5.41, 5.74) is 1.02. The molecule has 2 aromatic rings. The van der Waals surface area contributed by atoms with Gasteiger partial charge < -0.3 is 20.1 Å². The van der Waals surface area contributed by atoms with Crippen LogP contribution < -0.4 is 20.1 Å². The normalized spacial score (nSPS) is 22.9. The molecule has 34 heavy (non-hydrogen) atoms. The van der Waals surface area contributed by atoms with Crippen LogP contribution in [0.4, 0.5) is 4.39 Å². The number of benzene rings is 2. The molecular formula is C25H27Cl2FN2O4. The van der Waals surface area contributed by atoms with E-state index in [2.05, 4.69) is 10.6 Å². The minimum absolute atomic E-state index is 0.00402. The number of nitrogens with one attached hydrogen (secondary N) is 2. The third-order valence-corrected chi connectivity index (χ3v) is 7.33. The fourth-order valence-corrected chi connectivity index (χ4v) is 5.21. The zero-order valence-electron chi connectivity index (χ0n) is 18.8. The fourth-order valence-electron chi connectivity index (χ4n) is 4.81. The van der Waals surface area contributed by atoms with Crippen LogP contribution in [-0.4, -0.2) is 38.1 Å². The number of hydrogen-bond donors (Lipinski definition) is 2. The molecule has 0 radical (unpaired) electrons. The Hall–Kier alpha value is -2.51. The highest BCUT2D eigenvalue weighted by Gasteiger charge is 2.48. The van der Waals surface area contributed by atoms with Crippen LogP contribution in [-0.2, 0) is 16.0 Å². The first kappa shape index (κ1) is 24.6. The van der Waals surface area contributed by atoms with Crippen molar-refractivity contribution >= 4 is 35.0 Å². The summed E-state index contributed by atoms with van der Waals surface area (Å²) in [6.07, 6.45) is 3.13. The molecule has 2 N–H and O–H groups in total. The van der Waals surface area contributed by atoms with Gasteiger partial charge >= 0.3 is 0 Å². The summed E-state index contributed by atoms with van der Waals surface area (Å²) in [5, 5.41) is 6.57. The largest absolute Gasteiger partial charge is 0.495 e. The zero-order chi connectivity index (χ0) is 24.2. The van der Waals surface area contributed by atoms with Crippen LogP contribution in [0, 0.1) is 23.6 Å². The summed E-state index contributed by atoms with van der Waals surface area (Å²) in [5.74, 6) is 0.609. The number of rotatable bonds is 9. The van der Waals surface area contributed by atoms with E-state index in [0.717, 1.165) is 24.5 Å². The molecule has 0 aliphatic heterocycles. The maximum Gasteiger partial charge on any atom is 0.258 e. The van der Waals surface area contributed by atoms with Gasteiger partial charge in [-0.05, 0) is 67.3 Å². The van der Waals surface area contributed by atoms with Crippen molar-refractivity contribution in [3.05, 3.63) is 57.8 Å². The van der Waals surface area contributed by atoms with Crippen molar-refractivity contribution < 1.29 is 23.5 Å². The van der Waals surface area contributed by atoms with Crippen molar-refractivity contribution in [2.45, 2.75) is 31.7 Å². The van der Waals surface area contributed by atoms with Gasteiger partial charge in [-0.15, -0.1) is 0 Å². The van der Waals surface area contributed by atoms with Crippen molar-refractivity contribution in [2.75, 3.05) is 20.3 Å². The lowest BCUT2D eigenvalue weighted by Gasteiger charge is -2.50. The average molecular weight is 509 g/mol. The number of carbonyl (C=O) groups is 2. The van der Waals surface area contributed by atoms with Crippen LogP contribution in [0.25, 0.3) is 0 Å². The van der Waals surface area contributed by atoms with E-state index < -0.39 is 5.82 Å². The third kappa shape index (κ3) is 5.76. The van der Waals surface area contributed by atoms with E-state index in [1.54, 1.807) is 7.11 Å². The summed E-state index contributed by atoms with van der Waals surface area (Å²) in [4.78, 5) is 25.3. The van der Waals surface area contributed by atoms with Crippen LogP contribution in [0.3, 0.4) is 0 Å². The second-order valence-corrected chi connectivity index (χ2v) is 9.70. The summed E-state index contributed by atoms with van der Waals surface area (Å²) < 4.78 is 24.1. The monoisotopic (exact) mass is 508 g/mol. The first-order valence-electron chi connectivity index (χ1n) is 11.3. The minimum Gasteiger partial charge on any atom is -0.495 e. The second kappa shape index (κ2) is 10.8. The maximum absolute atomic E-state index is 13.5. The molecule has 3 aliphatic rings. The molecule has 2 amide bonds. The SMILES string of the molecule is COc1ccc(CCNC(=O)C2CC(NC(=O)COc3ccc(Cl)c(F)c3)C3CC2C3)cc1Cl. The van der Waals surface area contributed by atoms with Crippen LogP contribution in [0.5, 0.6) is 11.5 Å². The fraction of sp³-hybridized carbons (Fsp3) is 0.440. The van der Waals surface area contributed by atoms with E-state index in [1.165, 1.54) is 12.1 Å². The van der Waals surface area contributed by atoms with E-state index in [9.17, 15) is 14.0 Å². The predicted molar refractivity (Wildman–Crippen MR) is 128 cm³/mol. The van der Waals surface area contributed by atoms with Crippen molar-refractivity contribution in [2.24, 2.45) is 17.8 Å². The third-order valence-electron chi connectivity index (χ3n) is 6.73. The lowest BCUT2D eigenvalue weighted by atomic mass is 9.57.